The summed E-state index contributed by atoms with van der Waals surface area (Å²) < 4.78 is 0. The smallest absolute Gasteiger partial charge is 0.153 e. The number of terminal acetylenes is 1. The van der Waals surface area contributed by atoms with Gasteiger partial charge in [-0.2, -0.15) is 5.26 Å². The summed E-state index contributed by atoms with van der Waals surface area (Å²) in [6.45, 7) is 2.50. The average molecular weight is 129 g/mol. The van der Waals surface area contributed by atoms with Gasteiger partial charge in [0.05, 0.1) is 0 Å². The lowest BCUT2D eigenvalue weighted by atomic mass is 10.4. The number of hydrogen-bond acceptors (Lipinski definition) is 3. The Kier molecular flexibility index (Phi) is 6.70. The molecular formula is C6H11NO2. The average Bonchev–Trinajstić information content (AvgIpc) is 2.43. The molecule has 1 aliphatic heterocycles. The molecule has 0 aromatic carbocycles. The van der Waals surface area contributed by atoms with Gasteiger partial charge in [-0.3, -0.25) is 4.89 Å². The minimum Gasteiger partial charge on any atom is -0.317 e. The number of nitrogens with one attached hydrogen (secondary N) is 1. The summed E-state index contributed by atoms with van der Waals surface area (Å²) in [5.41, 5.74) is 0. The maximum absolute atomic E-state index is 7.14. The van der Waals surface area contributed by atoms with Crippen LogP contribution in [-0.2, 0) is 4.89 Å². The van der Waals surface area contributed by atoms with Gasteiger partial charge in [0.25, 0.3) is 0 Å². The molecule has 0 aliphatic carbocycles. The van der Waals surface area contributed by atoms with E-state index in [1.165, 1.54) is 32.0 Å². The molecular weight excluding hydrogens is 118 g/mol. The van der Waals surface area contributed by atoms with Crippen LogP contribution in [0, 0.1) is 12.5 Å². The van der Waals surface area contributed by atoms with E-state index >= 15 is 0 Å². The van der Waals surface area contributed by atoms with Gasteiger partial charge in [-0.05, 0) is 25.9 Å². The van der Waals surface area contributed by atoms with Crippen LogP contribution >= 0.6 is 0 Å². The zero-order valence-electron chi connectivity index (χ0n) is 5.26. The Balaban J connectivity index is 0.000000148. The van der Waals surface area contributed by atoms with Gasteiger partial charge in [0.15, 0.2) is 6.11 Å². The molecule has 52 valence electrons. The molecule has 0 unspecified atom stereocenters. The number of rotatable bonds is 0. The van der Waals surface area contributed by atoms with Gasteiger partial charge in [-0.25, -0.2) is 0 Å². The number of hydrogen-bond donors (Lipinski definition) is 2. The molecule has 0 radical (unpaired) electrons. The Bertz CT molecular complexity index is 75.9. The highest BCUT2D eigenvalue weighted by molar-refractivity contribution is 4.64. The minimum atomic E-state index is 1.25. The molecule has 0 amide bonds. The first-order valence-corrected chi connectivity index (χ1v) is 2.88. The molecule has 0 atom stereocenters. The third kappa shape index (κ3) is 7.28. The van der Waals surface area contributed by atoms with Crippen molar-refractivity contribution in [3.8, 4) is 12.5 Å². The maximum atomic E-state index is 7.14. The van der Waals surface area contributed by atoms with Crippen LogP contribution in [0.4, 0.5) is 0 Å². The predicted octanol–water partition coefficient (Wildman–Crippen LogP) is 0.437. The van der Waals surface area contributed by atoms with E-state index in [0.717, 1.165) is 0 Å². The van der Waals surface area contributed by atoms with Gasteiger partial charge in [0, 0.05) is 0 Å². The Morgan fingerprint density at radius 3 is 2.00 bits per heavy atom. The molecule has 3 nitrogen and oxygen atoms in total. The van der Waals surface area contributed by atoms with Crippen LogP contribution < -0.4 is 5.32 Å². The third-order valence-corrected chi connectivity index (χ3v) is 1.01. The second-order valence-corrected chi connectivity index (χ2v) is 1.67. The largest absolute Gasteiger partial charge is 0.317 e. The summed E-state index contributed by atoms with van der Waals surface area (Å²) in [5.74, 6) is 0. The highest BCUT2D eigenvalue weighted by Gasteiger charge is 1.93. The van der Waals surface area contributed by atoms with Crippen molar-refractivity contribution in [1.82, 2.24) is 5.32 Å². The summed E-state index contributed by atoms with van der Waals surface area (Å²) >= 11 is 0. The van der Waals surface area contributed by atoms with E-state index in [1.807, 2.05) is 0 Å². The maximum Gasteiger partial charge on any atom is 0.153 e. The van der Waals surface area contributed by atoms with Crippen molar-refractivity contribution in [3.05, 3.63) is 0 Å². The fraction of sp³-hybridized carbons (Fsp3) is 0.667. The molecule has 1 saturated heterocycles. The molecule has 9 heavy (non-hydrogen) atoms. The first-order valence-electron chi connectivity index (χ1n) is 2.88. The monoisotopic (exact) mass is 129 g/mol. The van der Waals surface area contributed by atoms with Gasteiger partial charge < -0.3 is 5.32 Å². The lowest BCUT2D eigenvalue weighted by molar-refractivity contribution is -0.171. The van der Waals surface area contributed by atoms with Crippen molar-refractivity contribution in [1.29, 1.82) is 0 Å². The molecule has 0 aromatic rings. The highest BCUT2D eigenvalue weighted by atomic mass is 17.1. The van der Waals surface area contributed by atoms with E-state index in [1.54, 1.807) is 0 Å². The van der Waals surface area contributed by atoms with Crippen molar-refractivity contribution in [3.63, 3.8) is 0 Å². The van der Waals surface area contributed by atoms with Crippen LogP contribution in [0.25, 0.3) is 0 Å². The van der Waals surface area contributed by atoms with Crippen molar-refractivity contribution in [2.75, 3.05) is 13.1 Å². The van der Waals surface area contributed by atoms with Crippen molar-refractivity contribution >= 4 is 0 Å². The quantitative estimate of drug-likeness (QED) is 0.283. The van der Waals surface area contributed by atoms with Gasteiger partial charge in [0.2, 0.25) is 0 Å². The zero-order valence-corrected chi connectivity index (χ0v) is 5.26. The van der Waals surface area contributed by atoms with Gasteiger partial charge in [0.1, 0.15) is 0 Å². The lowest BCUT2D eigenvalue weighted by Gasteiger charge is -1.76. The fourth-order valence-electron chi connectivity index (χ4n) is 0.625. The normalized spacial score (nSPS) is 15.1. The summed E-state index contributed by atoms with van der Waals surface area (Å²) in [7, 11) is 0. The van der Waals surface area contributed by atoms with Crippen LogP contribution in [0.1, 0.15) is 12.8 Å². The molecule has 0 aromatic heterocycles. The van der Waals surface area contributed by atoms with Gasteiger partial charge in [-0.15, -0.1) is 0 Å². The molecule has 0 spiro atoms. The predicted molar refractivity (Wildman–Crippen MR) is 34.7 cm³/mol. The lowest BCUT2D eigenvalue weighted by Crippen LogP contribution is -2.03. The Morgan fingerprint density at radius 1 is 1.44 bits per heavy atom. The van der Waals surface area contributed by atoms with Crippen LogP contribution in [0.5, 0.6) is 0 Å². The molecule has 3 heteroatoms. The molecule has 1 fully saturated rings. The van der Waals surface area contributed by atoms with Gasteiger partial charge in [-0.1, -0.05) is 6.42 Å². The van der Waals surface area contributed by atoms with E-state index in [-0.39, 0.29) is 0 Å². The third-order valence-electron chi connectivity index (χ3n) is 1.01. The summed E-state index contributed by atoms with van der Waals surface area (Å²) in [6, 6.07) is 0. The molecule has 1 heterocycles. The summed E-state index contributed by atoms with van der Waals surface area (Å²) in [6.07, 6.45) is 8.57. The zero-order chi connectivity index (χ0) is 6.95. The van der Waals surface area contributed by atoms with Crippen LogP contribution in [0.2, 0.25) is 0 Å². The Hall–Kier alpha value is -0.720. The minimum absolute atomic E-state index is 1.25. The molecule has 1 rings (SSSR count). The van der Waals surface area contributed by atoms with E-state index < -0.39 is 0 Å². The Labute approximate surface area is 55.0 Å². The van der Waals surface area contributed by atoms with E-state index in [0.29, 0.717) is 0 Å². The summed E-state index contributed by atoms with van der Waals surface area (Å²) in [4.78, 5) is 3.07. The van der Waals surface area contributed by atoms with Crippen LogP contribution in [-0.4, -0.2) is 18.3 Å². The second kappa shape index (κ2) is 7.28. The van der Waals surface area contributed by atoms with Gasteiger partial charge >= 0.3 is 0 Å². The second-order valence-electron chi connectivity index (χ2n) is 1.67. The molecule has 1 aliphatic rings. The SMILES string of the molecule is C#COO.C1CCNC1. The first-order chi connectivity index (χ1) is 4.41. The Morgan fingerprint density at radius 2 is 1.89 bits per heavy atom. The van der Waals surface area contributed by atoms with Crippen LogP contribution in [0.3, 0.4) is 0 Å². The molecule has 0 saturated carbocycles. The van der Waals surface area contributed by atoms with Crippen molar-refractivity contribution in [2.45, 2.75) is 12.8 Å². The van der Waals surface area contributed by atoms with Crippen molar-refractivity contribution < 1.29 is 10.1 Å². The first kappa shape index (κ1) is 8.28. The summed E-state index contributed by atoms with van der Waals surface area (Å²) in [5, 5.41) is 10.4. The van der Waals surface area contributed by atoms with Crippen molar-refractivity contribution in [2.24, 2.45) is 0 Å². The topological polar surface area (TPSA) is 41.5 Å². The standard InChI is InChI=1S/C4H9N.C2H2O2/c1-2-4-5-3-1;1-2-4-3/h5H,1-4H2;1,3H. The molecule has 2 N–H and O–H groups in total. The fourth-order valence-corrected chi connectivity index (χ4v) is 0.625. The van der Waals surface area contributed by atoms with Crippen LogP contribution in [0.15, 0.2) is 0 Å². The van der Waals surface area contributed by atoms with E-state index in [4.69, 9.17) is 5.26 Å². The highest BCUT2D eigenvalue weighted by Crippen LogP contribution is 1.90. The van der Waals surface area contributed by atoms with E-state index in [9.17, 15) is 0 Å². The van der Waals surface area contributed by atoms with E-state index in [2.05, 4.69) is 16.6 Å². The molecule has 0 bridgehead atoms.